The van der Waals surface area contributed by atoms with Gasteiger partial charge in [-0.3, -0.25) is 0 Å². The van der Waals surface area contributed by atoms with E-state index in [1.165, 1.54) is 0 Å². The second kappa shape index (κ2) is 5.25. The van der Waals surface area contributed by atoms with E-state index in [1.54, 1.807) is 0 Å². The number of aromatic hydroxyl groups is 1. The highest BCUT2D eigenvalue weighted by Crippen LogP contribution is 2.39. The van der Waals surface area contributed by atoms with Crippen molar-refractivity contribution in [3.05, 3.63) is 28.8 Å². The number of hydrogen-bond acceptors (Lipinski definition) is 2. The van der Waals surface area contributed by atoms with Crippen molar-refractivity contribution >= 4 is 0 Å². The minimum absolute atomic E-state index is 0.104. The molecule has 0 aliphatic carbocycles. The lowest BCUT2D eigenvalue weighted by Crippen LogP contribution is -2.17. The normalized spacial score (nSPS) is 12.3. The molecule has 0 bridgehead atoms. The molecule has 0 heterocycles. The highest BCUT2D eigenvalue weighted by atomic mass is 16.3. The molecule has 104 valence electrons. The Hall–Kier alpha value is -1.49. The molecule has 1 aromatic carbocycles. The Balaban J connectivity index is 3.44. The molecule has 2 heteroatoms. The summed E-state index contributed by atoms with van der Waals surface area (Å²) in [5, 5.41) is 19.3. The van der Waals surface area contributed by atoms with Gasteiger partial charge in [-0.15, -0.1) is 0 Å². The molecule has 0 amide bonds. The van der Waals surface area contributed by atoms with Gasteiger partial charge in [0.15, 0.2) is 0 Å². The average Bonchev–Trinajstić information content (AvgIpc) is 2.24. The molecule has 1 N–H and O–H groups in total. The molecule has 0 aromatic heterocycles. The van der Waals surface area contributed by atoms with Gasteiger partial charge < -0.3 is 5.11 Å². The van der Waals surface area contributed by atoms with Crippen LogP contribution in [0.4, 0.5) is 0 Å². The highest BCUT2D eigenvalue weighted by Gasteiger charge is 2.26. The van der Waals surface area contributed by atoms with Gasteiger partial charge in [0.05, 0.1) is 6.07 Å². The van der Waals surface area contributed by atoms with E-state index >= 15 is 0 Å². The predicted octanol–water partition coefficient (Wildman–Crippen LogP) is 4.44. The van der Waals surface area contributed by atoms with Crippen molar-refractivity contribution in [3.8, 4) is 11.8 Å². The summed E-state index contributed by atoms with van der Waals surface area (Å²) in [6.45, 7) is 12.6. The van der Waals surface area contributed by atoms with E-state index in [2.05, 4.69) is 47.6 Å². The molecular formula is C17H25NO. The number of nitrogens with zero attached hydrogens (tertiary/aromatic N) is 1. The van der Waals surface area contributed by atoms with Gasteiger partial charge >= 0.3 is 0 Å². The Labute approximate surface area is 117 Å². The fourth-order valence-corrected chi connectivity index (χ4v) is 2.18. The van der Waals surface area contributed by atoms with E-state index in [0.717, 1.165) is 23.1 Å². The zero-order chi connectivity index (χ0) is 14.8. The highest BCUT2D eigenvalue weighted by molar-refractivity contribution is 5.49. The maximum atomic E-state index is 10.5. The third kappa shape index (κ3) is 3.73. The molecule has 19 heavy (non-hydrogen) atoms. The molecule has 0 unspecified atom stereocenters. The van der Waals surface area contributed by atoms with Gasteiger partial charge in [-0.25, -0.2) is 0 Å². The van der Waals surface area contributed by atoms with Crippen LogP contribution in [0.5, 0.6) is 5.75 Å². The van der Waals surface area contributed by atoms with Crippen molar-refractivity contribution in [1.82, 2.24) is 0 Å². The number of rotatable bonds is 2. The summed E-state index contributed by atoms with van der Waals surface area (Å²) >= 11 is 0. The van der Waals surface area contributed by atoms with Crippen molar-refractivity contribution in [2.24, 2.45) is 0 Å². The average molecular weight is 259 g/mol. The first-order valence-corrected chi connectivity index (χ1v) is 6.81. The summed E-state index contributed by atoms with van der Waals surface area (Å²) in [5.41, 5.74) is 2.86. The zero-order valence-corrected chi connectivity index (χ0v) is 13.0. The Morgan fingerprint density at radius 1 is 1.00 bits per heavy atom. The summed E-state index contributed by atoms with van der Waals surface area (Å²) in [5.74, 6) is 0.403. The van der Waals surface area contributed by atoms with Crippen LogP contribution >= 0.6 is 0 Å². The first-order chi connectivity index (χ1) is 8.57. The number of nitriles is 1. The molecule has 0 spiro atoms. The van der Waals surface area contributed by atoms with Gasteiger partial charge in [0.1, 0.15) is 5.75 Å². The van der Waals surface area contributed by atoms with Crippen molar-refractivity contribution in [1.29, 1.82) is 5.26 Å². The largest absolute Gasteiger partial charge is 0.507 e. The Bertz CT molecular complexity index is 460. The standard InChI is InChI=1S/C17H25NO/c1-16(2,3)13-10-12(8-7-9-18)11-14(15(13)19)17(4,5)6/h10-11,19H,7-8H2,1-6H3. The van der Waals surface area contributed by atoms with Gasteiger partial charge in [-0.1, -0.05) is 53.7 Å². The lowest BCUT2D eigenvalue weighted by molar-refractivity contribution is 0.422. The molecule has 0 saturated heterocycles. The fourth-order valence-electron chi connectivity index (χ4n) is 2.18. The Kier molecular flexibility index (Phi) is 4.30. The SMILES string of the molecule is CC(C)(C)c1cc(CCC#N)cc(C(C)(C)C)c1O. The van der Waals surface area contributed by atoms with Crippen molar-refractivity contribution in [3.63, 3.8) is 0 Å². The summed E-state index contributed by atoms with van der Waals surface area (Å²) < 4.78 is 0. The van der Waals surface area contributed by atoms with E-state index in [-0.39, 0.29) is 10.8 Å². The summed E-state index contributed by atoms with van der Waals surface area (Å²) in [4.78, 5) is 0. The van der Waals surface area contributed by atoms with Crippen LogP contribution in [0.25, 0.3) is 0 Å². The first kappa shape index (κ1) is 15.6. The van der Waals surface area contributed by atoms with Crippen molar-refractivity contribution < 1.29 is 5.11 Å². The molecule has 0 saturated carbocycles. The van der Waals surface area contributed by atoms with Crippen molar-refractivity contribution in [2.45, 2.75) is 65.2 Å². The third-order valence-corrected chi connectivity index (χ3v) is 3.31. The molecule has 0 fully saturated rings. The van der Waals surface area contributed by atoms with Crippen LogP contribution in [0.1, 0.15) is 64.7 Å². The van der Waals surface area contributed by atoms with E-state index in [0.29, 0.717) is 12.2 Å². The number of phenolic OH excluding ortho intramolecular Hbond substituents is 1. The lowest BCUT2D eigenvalue weighted by atomic mass is 9.78. The molecule has 0 aliphatic heterocycles. The van der Waals surface area contributed by atoms with Crippen LogP contribution in [-0.2, 0) is 17.3 Å². The predicted molar refractivity (Wildman–Crippen MR) is 79.4 cm³/mol. The molecule has 0 atom stereocenters. The topological polar surface area (TPSA) is 44.0 Å². The van der Waals surface area contributed by atoms with Crippen LogP contribution in [-0.4, -0.2) is 5.11 Å². The molecule has 1 rings (SSSR count). The fraction of sp³-hybridized carbons (Fsp3) is 0.588. The van der Waals surface area contributed by atoms with E-state index in [9.17, 15) is 5.11 Å². The summed E-state index contributed by atoms with van der Waals surface area (Å²) in [6, 6.07) is 6.27. The molecule has 0 aliphatic rings. The van der Waals surface area contributed by atoms with E-state index in [1.807, 2.05) is 12.1 Å². The number of phenols is 1. The molecule has 2 nitrogen and oxygen atoms in total. The second-order valence-electron chi connectivity index (χ2n) is 7.20. The maximum absolute atomic E-state index is 10.5. The van der Waals surface area contributed by atoms with E-state index < -0.39 is 0 Å². The first-order valence-electron chi connectivity index (χ1n) is 6.81. The van der Waals surface area contributed by atoms with Gasteiger partial charge in [0, 0.05) is 6.42 Å². The maximum Gasteiger partial charge on any atom is 0.123 e. The van der Waals surface area contributed by atoms with Crippen LogP contribution in [0.2, 0.25) is 0 Å². The molecule has 1 aromatic rings. The second-order valence-corrected chi connectivity index (χ2v) is 7.20. The Morgan fingerprint density at radius 3 is 1.74 bits per heavy atom. The van der Waals surface area contributed by atoms with Crippen molar-refractivity contribution in [2.75, 3.05) is 0 Å². The number of aryl methyl sites for hydroxylation is 1. The van der Waals surface area contributed by atoms with Gasteiger partial charge in [-0.2, -0.15) is 5.26 Å². The van der Waals surface area contributed by atoms with Gasteiger partial charge in [0.2, 0.25) is 0 Å². The zero-order valence-electron chi connectivity index (χ0n) is 13.0. The van der Waals surface area contributed by atoms with Crippen LogP contribution in [0.3, 0.4) is 0 Å². The Morgan fingerprint density at radius 2 is 1.42 bits per heavy atom. The molecular weight excluding hydrogens is 234 g/mol. The smallest absolute Gasteiger partial charge is 0.123 e. The van der Waals surface area contributed by atoms with Crippen LogP contribution < -0.4 is 0 Å². The monoisotopic (exact) mass is 259 g/mol. The van der Waals surface area contributed by atoms with Crippen LogP contribution in [0, 0.1) is 11.3 Å². The quantitative estimate of drug-likeness (QED) is 0.853. The van der Waals surface area contributed by atoms with Crippen LogP contribution in [0.15, 0.2) is 12.1 Å². The van der Waals surface area contributed by atoms with E-state index in [4.69, 9.17) is 5.26 Å². The minimum Gasteiger partial charge on any atom is -0.507 e. The number of hydrogen-bond donors (Lipinski definition) is 1. The van der Waals surface area contributed by atoms with Gasteiger partial charge in [-0.05, 0) is 33.9 Å². The number of benzene rings is 1. The summed E-state index contributed by atoms with van der Waals surface area (Å²) in [7, 11) is 0. The summed E-state index contributed by atoms with van der Waals surface area (Å²) in [6.07, 6.45) is 1.25. The lowest BCUT2D eigenvalue weighted by Gasteiger charge is -2.28. The molecule has 0 radical (unpaired) electrons. The third-order valence-electron chi connectivity index (χ3n) is 3.31. The van der Waals surface area contributed by atoms with Gasteiger partial charge in [0.25, 0.3) is 0 Å². The minimum atomic E-state index is -0.104.